The van der Waals surface area contributed by atoms with Crippen LogP contribution < -0.4 is 16.4 Å². The molecular formula is C13H12F3N5O2S. The average Bonchev–Trinajstić information content (AvgIpc) is 2.77. The van der Waals surface area contributed by atoms with Gasteiger partial charge in [-0.3, -0.25) is 15.0 Å². The molecule has 24 heavy (non-hydrogen) atoms. The number of hydrogen-bond donors (Lipinski definition) is 4. The Morgan fingerprint density at radius 2 is 2.08 bits per heavy atom. The molecule has 1 heterocycles. The van der Waals surface area contributed by atoms with Crippen molar-refractivity contribution < 1.29 is 22.8 Å². The molecule has 2 amide bonds. The zero-order valence-electron chi connectivity index (χ0n) is 12.0. The van der Waals surface area contributed by atoms with Gasteiger partial charge in [0.25, 0.3) is 0 Å². The monoisotopic (exact) mass is 359 g/mol. The van der Waals surface area contributed by atoms with Crippen LogP contribution in [0, 0.1) is 5.41 Å². The first kappa shape index (κ1) is 17.8. The lowest BCUT2D eigenvalue weighted by atomic mass is 10.1. The predicted octanol–water partition coefficient (Wildman–Crippen LogP) is 1.52. The second kappa shape index (κ2) is 6.91. The minimum absolute atomic E-state index is 0.0704. The van der Waals surface area contributed by atoms with E-state index in [1.807, 2.05) is 0 Å². The number of halogens is 3. The van der Waals surface area contributed by atoms with Crippen molar-refractivity contribution in [3.05, 3.63) is 29.8 Å². The quantitative estimate of drug-likeness (QED) is 0.483. The number of carbonyl (C=O) groups excluding carboxylic acids is 2. The Hall–Kier alpha value is -2.56. The number of alkyl halides is 3. The molecule has 1 fully saturated rings. The minimum atomic E-state index is -4.61. The van der Waals surface area contributed by atoms with Crippen molar-refractivity contribution >= 4 is 40.4 Å². The minimum Gasteiger partial charge on any atom is -0.368 e. The number of carbonyl (C=O) groups is 2. The predicted molar refractivity (Wildman–Crippen MR) is 83.6 cm³/mol. The number of hydrogen-bond acceptors (Lipinski definition) is 4. The average molecular weight is 359 g/mol. The first-order chi connectivity index (χ1) is 11.2. The molecule has 2 rings (SSSR count). The summed E-state index contributed by atoms with van der Waals surface area (Å²) < 4.78 is 38.6. The number of guanidine groups is 1. The second-order valence-corrected chi connectivity index (χ2v) is 5.89. The molecule has 1 aliphatic heterocycles. The van der Waals surface area contributed by atoms with Crippen LogP contribution in [-0.2, 0) is 15.8 Å². The van der Waals surface area contributed by atoms with Gasteiger partial charge < -0.3 is 16.4 Å². The maximum Gasteiger partial charge on any atom is 0.418 e. The van der Waals surface area contributed by atoms with E-state index in [1.165, 1.54) is 12.1 Å². The van der Waals surface area contributed by atoms with E-state index < -0.39 is 34.8 Å². The van der Waals surface area contributed by atoms with Crippen LogP contribution in [0.25, 0.3) is 0 Å². The van der Waals surface area contributed by atoms with Crippen LogP contribution in [0.5, 0.6) is 0 Å². The highest BCUT2D eigenvalue weighted by Crippen LogP contribution is 2.34. The van der Waals surface area contributed by atoms with Crippen LogP contribution in [-0.4, -0.2) is 28.2 Å². The number of amides is 2. The number of nitrogens with two attached hydrogens (primary N) is 1. The van der Waals surface area contributed by atoms with Crippen molar-refractivity contribution in [1.29, 1.82) is 5.41 Å². The highest BCUT2D eigenvalue weighted by atomic mass is 32.2. The zero-order valence-corrected chi connectivity index (χ0v) is 12.8. The van der Waals surface area contributed by atoms with Crippen LogP contribution in [0.3, 0.4) is 0 Å². The molecule has 0 radical (unpaired) electrons. The Bertz CT molecular complexity index is 720. The number of nitrogens with zero attached hydrogens (tertiary/aromatic N) is 1. The van der Waals surface area contributed by atoms with E-state index in [4.69, 9.17) is 11.1 Å². The summed E-state index contributed by atoms with van der Waals surface area (Å²) >= 11 is 0.881. The molecule has 0 bridgehead atoms. The number of nitrogens with one attached hydrogen (secondary N) is 3. The molecule has 1 unspecified atom stereocenters. The molecule has 1 saturated heterocycles. The molecule has 7 nitrogen and oxygen atoms in total. The van der Waals surface area contributed by atoms with E-state index in [1.54, 1.807) is 0 Å². The van der Waals surface area contributed by atoms with Gasteiger partial charge in [0.05, 0.1) is 11.3 Å². The van der Waals surface area contributed by atoms with Gasteiger partial charge in [-0.05, 0) is 12.1 Å². The lowest BCUT2D eigenvalue weighted by Gasteiger charge is -2.14. The Morgan fingerprint density at radius 1 is 1.42 bits per heavy atom. The van der Waals surface area contributed by atoms with Gasteiger partial charge in [0.15, 0.2) is 5.17 Å². The Labute approximate surface area is 138 Å². The van der Waals surface area contributed by atoms with Crippen LogP contribution in [0.15, 0.2) is 29.3 Å². The molecule has 0 aliphatic carbocycles. The molecule has 1 aliphatic rings. The standard InChI is InChI=1S/C13H12F3N5O2S/c14-13(15,16)6-3-1-2-4-7(6)19-9(22)5-8-10(23)20-12(24-8)21-11(17)18/h1-4,8H,5H2,(H,19,22)(H4,17,18,20,21,23). The normalized spacial score (nSPS) is 19.2. The summed E-state index contributed by atoms with van der Waals surface area (Å²) in [6, 6.07) is 4.55. The number of thioether (sulfide) groups is 1. The fourth-order valence-electron chi connectivity index (χ4n) is 1.91. The van der Waals surface area contributed by atoms with E-state index in [2.05, 4.69) is 15.6 Å². The van der Waals surface area contributed by atoms with Gasteiger partial charge in [0.1, 0.15) is 5.25 Å². The molecular weight excluding hydrogens is 347 g/mol. The topological polar surface area (TPSA) is 120 Å². The van der Waals surface area contributed by atoms with Gasteiger partial charge >= 0.3 is 6.18 Å². The van der Waals surface area contributed by atoms with Crippen LogP contribution in [0.2, 0.25) is 0 Å². The lowest BCUT2D eigenvalue weighted by molar-refractivity contribution is -0.137. The lowest BCUT2D eigenvalue weighted by Crippen LogP contribution is -2.28. The summed E-state index contributed by atoms with van der Waals surface area (Å²) in [5.41, 5.74) is 3.72. The Kier molecular flexibility index (Phi) is 5.12. The maximum absolute atomic E-state index is 12.9. The van der Waals surface area contributed by atoms with Gasteiger partial charge in [0, 0.05) is 6.42 Å². The van der Waals surface area contributed by atoms with Crippen molar-refractivity contribution in [3.8, 4) is 0 Å². The summed E-state index contributed by atoms with van der Waals surface area (Å²) in [6.07, 6.45) is -4.95. The van der Waals surface area contributed by atoms with Crippen LogP contribution >= 0.6 is 11.8 Å². The molecule has 0 spiro atoms. The van der Waals surface area contributed by atoms with Crippen molar-refractivity contribution in [1.82, 2.24) is 5.32 Å². The molecule has 0 aromatic heterocycles. The fourth-order valence-corrected chi connectivity index (χ4v) is 2.89. The summed E-state index contributed by atoms with van der Waals surface area (Å²) in [4.78, 5) is 27.2. The number of benzene rings is 1. The van der Waals surface area contributed by atoms with Gasteiger partial charge in [-0.2, -0.15) is 18.2 Å². The van der Waals surface area contributed by atoms with Crippen molar-refractivity contribution in [2.75, 3.05) is 5.32 Å². The molecule has 128 valence electrons. The third-order valence-electron chi connectivity index (χ3n) is 2.88. The summed E-state index contributed by atoms with van der Waals surface area (Å²) in [6.45, 7) is 0. The molecule has 1 aromatic rings. The summed E-state index contributed by atoms with van der Waals surface area (Å²) in [5.74, 6) is -1.79. The molecule has 5 N–H and O–H groups in total. The number of para-hydroxylation sites is 1. The third kappa shape index (κ3) is 4.47. The summed E-state index contributed by atoms with van der Waals surface area (Å²) in [7, 11) is 0. The Balaban J connectivity index is 2.05. The maximum atomic E-state index is 12.9. The van der Waals surface area contributed by atoms with Gasteiger partial charge in [-0.15, -0.1) is 0 Å². The Morgan fingerprint density at radius 3 is 2.71 bits per heavy atom. The number of amidine groups is 1. The first-order valence-corrected chi connectivity index (χ1v) is 7.41. The smallest absolute Gasteiger partial charge is 0.368 e. The molecule has 1 aromatic carbocycles. The van der Waals surface area contributed by atoms with E-state index >= 15 is 0 Å². The zero-order chi connectivity index (χ0) is 17.9. The first-order valence-electron chi connectivity index (χ1n) is 6.53. The molecule has 11 heteroatoms. The van der Waals surface area contributed by atoms with E-state index in [0.717, 1.165) is 23.9 Å². The van der Waals surface area contributed by atoms with Gasteiger partial charge in [0.2, 0.25) is 17.8 Å². The highest BCUT2D eigenvalue weighted by molar-refractivity contribution is 8.15. The number of anilines is 1. The highest BCUT2D eigenvalue weighted by Gasteiger charge is 2.35. The third-order valence-corrected chi connectivity index (χ3v) is 3.96. The van der Waals surface area contributed by atoms with E-state index in [0.29, 0.717) is 0 Å². The van der Waals surface area contributed by atoms with Crippen molar-refractivity contribution in [2.24, 2.45) is 10.7 Å². The van der Waals surface area contributed by atoms with Gasteiger partial charge in [-0.1, -0.05) is 23.9 Å². The van der Waals surface area contributed by atoms with E-state index in [9.17, 15) is 22.8 Å². The van der Waals surface area contributed by atoms with Crippen LogP contribution in [0.1, 0.15) is 12.0 Å². The fraction of sp³-hybridized carbons (Fsp3) is 0.231. The largest absolute Gasteiger partial charge is 0.418 e. The SMILES string of the molecule is N=C(N)N=C1NC(=O)C(CC(=O)Nc2ccccc2C(F)(F)F)S1. The van der Waals surface area contributed by atoms with Crippen LogP contribution in [0.4, 0.5) is 18.9 Å². The van der Waals surface area contributed by atoms with Gasteiger partial charge in [-0.25, -0.2) is 0 Å². The number of rotatable bonds is 3. The summed E-state index contributed by atoms with van der Waals surface area (Å²) in [5, 5.41) is 10.7. The van der Waals surface area contributed by atoms with Crippen molar-refractivity contribution in [2.45, 2.75) is 17.8 Å². The second-order valence-electron chi connectivity index (χ2n) is 4.69. The molecule has 1 atom stereocenters. The molecule has 0 saturated carbocycles. The van der Waals surface area contributed by atoms with E-state index in [-0.39, 0.29) is 17.3 Å². The van der Waals surface area contributed by atoms with Crippen molar-refractivity contribution in [3.63, 3.8) is 0 Å². The number of aliphatic imine (C=N–C) groups is 1.